The Kier molecular flexibility index (Phi) is 7.79. The number of aromatic nitrogens is 4. The van der Waals surface area contributed by atoms with Gasteiger partial charge < -0.3 is 29.2 Å². The number of carbonyl (C=O) groups is 2. The van der Waals surface area contributed by atoms with Crippen LogP contribution in [0.15, 0.2) is 21.7 Å². The average molecular weight is 489 g/mol. The number of fused-ring (bicyclic) bond motifs is 1. The zero-order chi connectivity index (χ0) is 25.7. The van der Waals surface area contributed by atoms with Crippen molar-refractivity contribution in [1.82, 2.24) is 19.1 Å². The number of hydrogen-bond donors (Lipinski definition) is 2. The number of benzene rings is 1. The molecule has 2 heterocycles. The second-order valence-corrected chi connectivity index (χ2v) is 7.56. The molecular formula is C22H27N5O8. The van der Waals surface area contributed by atoms with E-state index in [9.17, 15) is 19.2 Å². The minimum absolute atomic E-state index is 0.0848. The maximum atomic E-state index is 12.8. The van der Waals surface area contributed by atoms with E-state index in [0.717, 1.165) is 12.8 Å². The predicted octanol–water partition coefficient (Wildman–Crippen LogP) is 0.462. The van der Waals surface area contributed by atoms with Gasteiger partial charge in [-0.3, -0.25) is 19.1 Å². The number of ether oxygens (including phenoxy) is 4. The summed E-state index contributed by atoms with van der Waals surface area (Å²) in [6.45, 7) is 1.70. The second kappa shape index (κ2) is 10.8. The lowest BCUT2D eigenvalue weighted by molar-refractivity contribution is -0.120. The van der Waals surface area contributed by atoms with Crippen LogP contribution < -0.4 is 31.2 Å². The normalized spacial score (nSPS) is 10.9. The highest BCUT2D eigenvalue weighted by molar-refractivity contribution is 5.91. The largest absolute Gasteiger partial charge is 0.493 e. The van der Waals surface area contributed by atoms with Gasteiger partial charge in [0.05, 0.1) is 19.8 Å². The number of nitrogens with zero attached hydrogens (tertiary/aromatic N) is 3. The Morgan fingerprint density at radius 2 is 1.80 bits per heavy atom. The molecule has 1 amide bonds. The van der Waals surface area contributed by atoms with Crippen LogP contribution in [0.2, 0.25) is 0 Å². The van der Waals surface area contributed by atoms with Gasteiger partial charge in [0.2, 0.25) is 5.75 Å². The fourth-order valence-corrected chi connectivity index (χ4v) is 3.44. The van der Waals surface area contributed by atoms with E-state index < -0.39 is 29.7 Å². The molecule has 3 N–H and O–H groups in total. The van der Waals surface area contributed by atoms with Gasteiger partial charge in [-0.25, -0.2) is 14.6 Å². The van der Waals surface area contributed by atoms with Crippen molar-refractivity contribution in [2.75, 3.05) is 20.8 Å². The number of H-pyrrole nitrogens is 1. The maximum Gasteiger partial charge on any atom is 0.338 e. The molecule has 13 nitrogen and oxygen atoms in total. The summed E-state index contributed by atoms with van der Waals surface area (Å²) in [6.07, 6.45) is 1.58. The van der Waals surface area contributed by atoms with Crippen molar-refractivity contribution in [3.8, 4) is 17.2 Å². The van der Waals surface area contributed by atoms with Gasteiger partial charge in [0, 0.05) is 13.6 Å². The molecule has 1 aromatic carbocycles. The van der Waals surface area contributed by atoms with Crippen molar-refractivity contribution in [1.29, 1.82) is 0 Å². The van der Waals surface area contributed by atoms with Crippen LogP contribution in [-0.4, -0.2) is 51.8 Å². The summed E-state index contributed by atoms with van der Waals surface area (Å²) >= 11 is 0. The van der Waals surface area contributed by atoms with Crippen LogP contribution >= 0.6 is 0 Å². The van der Waals surface area contributed by atoms with Crippen molar-refractivity contribution in [2.45, 2.75) is 32.9 Å². The molecule has 0 aliphatic heterocycles. The summed E-state index contributed by atoms with van der Waals surface area (Å²) in [5, 5.41) is 0. The zero-order valence-corrected chi connectivity index (χ0v) is 19.9. The lowest BCUT2D eigenvalue weighted by Gasteiger charge is -2.15. The fourth-order valence-electron chi connectivity index (χ4n) is 3.44. The number of carbonyl (C=O) groups excluding carboxylic acids is 2. The highest BCUT2D eigenvalue weighted by atomic mass is 16.5. The molecule has 0 aliphatic carbocycles. The smallest absolute Gasteiger partial charge is 0.338 e. The Morgan fingerprint density at radius 1 is 1.14 bits per heavy atom. The first-order valence-electron chi connectivity index (χ1n) is 10.7. The first-order valence-corrected chi connectivity index (χ1v) is 10.7. The van der Waals surface area contributed by atoms with Crippen LogP contribution in [0.5, 0.6) is 17.2 Å². The molecule has 2 aromatic heterocycles. The summed E-state index contributed by atoms with van der Waals surface area (Å²) in [5.41, 5.74) is 4.50. The second-order valence-electron chi connectivity index (χ2n) is 7.56. The SMILES string of the molecule is CCCCn1c(=O)[nH]c(=O)c2c1nc(COC(=O)c1cc(OC)c(OCC(N)=O)c(OC)c1)n2C. The lowest BCUT2D eigenvalue weighted by Crippen LogP contribution is -2.31. The molecule has 0 fully saturated rings. The first kappa shape index (κ1) is 25.3. The monoisotopic (exact) mass is 489 g/mol. The number of methoxy groups -OCH3 is 2. The predicted molar refractivity (Wildman–Crippen MR) is 124 cm³/mol. The lowest BCUT2D eigenvalue weighted by atomic mass is 10.2. The molecule has 35 heavy (non-hydrogen) atoms. The number of aromatic amines is 1. The number of hydrogen-bond acceptors (Lipinski definition) is 9. The van der Waals surface area contributed by atoms with Crippen LogP contribution in [-0.2, 0) is 29.7 Å². The van der Waals surface area contributed by atoms with Crippen LogP contribution in [0.25, 0.3) is 11.2 Å². The Balaban J connectivity index is 1.89. The van der Waals surface area contributed by atoms with Gasteiger partial charge in [-0.15, -0.1) is 0 Å². The minimum atomic E-state index is -0.729. The van der Waals surface area contributed by atoms with Crippen LogP contribution in [0, 0.1) is 0 Å². The van der Waals surface area contributed by atoms with Crippen LogP contribution in [0.3, 0.4) is 0 Å². The maximum absolute atomic E-state index is 12.8. The number of primary amides is 1. The third-order valence-corrected chi connectivity index (χ3v) is 5.23. The Morgan fingerprint density at radius 3 is 2.37 bits per heavy atom. The Labute approximate surface area is 199 Å². The Hall–Kier alpha value is -4.29. The van der Waals surface area contributed by atoms with E-state index in [4.69, 9.17) is 24.7 Å². The van der Waals surface area contributed by atoms with Gasteiger partial charge >= 0.3 is 11.7 Å². The minimum Gasteiger partial charge on any atom is -0.493 e. The van der Waals surface area contributed by atoms with E-state index >= 15 is 0 Å². The van der Waals surface area contributed by atoms with Gasteiger partial charge in [0.1, 0.15) is 12.4 Å². The zero-order valence-electron chi connectivity index (χ0n) is 19.9. The number of imidazole rings is 1. The highest BCUT2D eigenvalue weighted by Gasteiger charge is 2.21. The van der Waals surface area contributed by atoms with Gasteiger partial charge in [-0.2, -0.15) is 0 Å². The van der Waals surface area contributed by atoms with Crippen molar-refractivity contribution in [2.24, 2.45) is 12.8 Å². The molecule has 0 aliphatic rings. The summed E-state index contributed by atoms with van der Waals surface area (Å²) in [7, 11) is 4.31. The third-order valence-electron chi connectivity index (χ3n) is 5.23. The van der Waals surface area contributed by atoms with E-state index in [2.05, 4.69) is 9.97 Å². The quantitative estimate of drug-likeness (QED) is 0.363. The molecule has 0 saturated carbocycles. The topological polar surface area (TPSA) is 170 Å². The van der Waals surface area contributed by atoms with E-state index in [1.54, 1.807) is 7.05 Å². The number of nitrogens with two attached hydrogens (primary N) is 1. The summed E-state index contributed by atoms with van der Waals surface area (Å²) in [6, 6.07) is 2.73. The van der Waals surface area contributed by atoms with Gasteiger partial charge in [-0.1, -0.05) is 13.3 Å². The van der Waals surface area contributed by atoms with E-state index in [1.165, 1.54) is 35.5 Å². The van der Waals surface area contributed by atoms with E-state index in [1.807, 2.05) is 6.92 Å². The molecule has 0 bridgehead atoms. The van der Waals surface area contributed by atoms with Crippen molar-refractivity contribution in [3.05, 3.63) is 44.4 Å². The Bertz CT molecular complexity index is 1350. The molecule has 188 valence electrons. The standard InChI is InChI=1S/C22H27N5O8/c1-5-6-7-27-19-17(20(29)25-22(27)31)26(2)16(24-19)11-35-21(30)12-8-13(32-3)18(14(9-12)33-4)34-10-15(23)28/h8-9H,5-7,10-11H2,1-4H3,(H2,23,28)(H,25,29,31). The highest BCUT2D eigenvalue weighted by Crippen LogP contribution is 2.38. The number of nitrogens with one attached hydrogen (secondary N) is 1. The van der Waals surface area contributed by atoms with Crippen LogP contribution in [0.4, 0.5) is 0 Å². The molecule has 3 aromatic rings. The first-order chi connectivity index (χ1) is 16.7. The molecule has 0 unspecified atom stereocenters. The molecule has 0 spiro atoms. The summed E-state index contributed by atoms with van der Waals surface area (Å²) in [5.74, 6) is -0.787. The van der Waals surface area contributed by atoms with E-state index in [0.29, 0.717) is 6.54 Å². The third kappa shape index (κ3) is 5.28. The molecule has 0 radical (unpaired) electrons. The summed E-state index contributed by atoms with van der Waals surface area (Å²) < 4.78 is 24.1. The number of esters is 1. The molecule has 3 rings (SSSR count). The fraction of sp³-hybridized carbons (Fsp3) is 0.409. The number of rotatable bonds is 11. The summed E-state index contributed by atoms with van der Waals surface area (Å²) in [4.78, 5) is 55.2. The van der Waals surface area contributed by atoms with Gasteiger partial charge in [0.25, 0.3) is 11.5 Å². The number of unbranched alkanes of at least 4 members (excludes halogenated alkanes) is 1. The van der Waals surface area contributed by atoms with Crippen LogP contribution in [0.1, 0.15) is 35.9 Å². The molecule has 13 heteroatoms. The van der Waals surface area contributed by atoms with Gasteiger partial charge in [-0.05, 0) is 18.6 Å². The molecule has 0 atom stereocenters. The van der Waals surface area contributed by atoms with Crippen molar-refractivity contribution < 1.29 is 28.5 Å². The molecule has 0 saturated heterocycles. The average Bonchev–Trinajstić information content (AvgIpc) is 3.16. The van der Waals surface area contributed by atoms with Crippen molar-refractivity contribution >= 4 is 23.0 Å². The van der Waals surface area contributed by atoms with Gasteiger partial charge in [0.15, 0.2) is 29.3 Å². The van der Waals surface area contributed by atoms with Crippen molar-refractivity contribution in [3.63, 3.8) is 0 Å². The number of amides is 1. The number of aryl methyl sites for hydroxylation is 2. The molecular weight excluding hydrogens is 462 g/mol. The van der Waals surface area contributed by atoms with E-state index in [-0.39, 0.29) is 46.4 Å².